The van der Waals surface area contributed by atoms with Crippen LogP contribution in [0.5, 0.6) is 0 Å². The van der Waals surface area contributed by atoms with Gasteiger partial charge in [0.2, 0.25) is 0 Å². The van der Waals surface area contributed by atoms with Crippen LogP contribution in [0.25, 0.3) is 0 Å². The van der Waals surface area contributed by atoms with Crippen molar-refractivity contribution in [2.45, 2.75) is 26.7 Å². The Hall–Kier alpha value is -1.23. The number of hydrogen-bond donors (Lipinski definition) is 1. The first kappa shape index (κ1) is 8.86. The summed E-state index contributed by atoms with van der Waals surface area (Å²) in [4.78, 5) is 0. The molecular formula is C10H14N2. The predicted molar refractivity (Wildman–Crippen MR) is 49.0 cm³/mol. The number of hydrogen-bond acceptors (Lipinski definition) is 2. The fourth-order valence-electron chi connectivity index (χ4n) is 1.35. The molecule has 0 fully saturated rings. The molecule has 0 aliphatic heterocycles. The van der Waals surface area contributed by atoms with E-state index >= 15 is 0 Å². The summed E-state index contributed by atoms with van der Waals surface area (Å²) < 4.78 is 0. The molecule has 0 saturated carbocycles. The third-order valence-corrected chi connectivity index (χ3v) is 2.12. The minimum absolute atomic E-state index is 0.0999. The van der Waals surface area contributed by atoms with Gasteiger partial charge in [0.05, 0.1) is 5.57 Å². The largest absolute Gasteiger partial charge is 0.398 e. The van der Waals surface area contributed by atoms with Crippen LogP contribution in [0.3, 0.4) is 0 Å². The summed E-state index contributed by atoms with van der Waals surface area (Å²) in [6, 6.07) is 2.12. The highest BCUT2D eigenvalue weighted by molar-refractivity contribution is 5.41. The van der Waals surface area contributed by atoms with E-state index < -0.39 is 0 Å². The maximum atomic E-state index is 8.78. The number of nitrogens with two attached hydrogens (primary N) is 1. The fraction of sp³-hybridized carbons (Fsp3) is 0.500. The Kier molecular flexibility index (Phi) is 2.23. The molecule has 0 radical (unpaired) electrons. The Morgan fingerprint density at radius 2 is 2.25 bits per heavy atom. The first-order chi connectivity index (χ1) is 5.55. The van der Waals surface area contributed by atoms with Crippen molar-refractivity contribution in [1.29, 1.82) is 5.26 Å². The van der Waals surface area contributed by atoms with Crippen LogP contribution < -0.4 is 5.73 Å². The zero-order valence-corrected chi connectivity index (χ0v) is 7.59. The molecule has 12 heavy (non-hydrogen) atoms. The van der Waals surface area contributed by atoms with Gasteiger partial charge in [0, 0.05) is 5.70 Å². The second-order valence-electron chi connectivity index (χ2n) is 3.86. The van der Waals surface area contributed by atoms with Crippen LogP contribution in [0.2, 0.25) is 0 Å². The van der Waals surface area contributed by atoms with E-state index in [-0.39, 0.29) is 5.41 Å². The third-order valence-electron chi connectivity index (χ3n) is 2.12. The number of nitrogens with zero attached hydrogens (tertiary/aromatic N) is 1. The van der Waals surface area contributed by atoms with Crippen LogP contribution in [0.15, 0.2) is 23.4 Å². The molecule has 1 aliphatic carbocycles. The summed E-state index contributed by atoms with van der Waals surface area (Å²) in [7, 11) is 0. The van der Waals surface area contributed by atoms with Gasteiger partial charge in [-0.15, -0.1) is 0 Å². The number of nitriles is 1. The van der Waals surface area contributed by atoms with Crippen molar-refractivity contribution in [3.8, 4) is 6.07 Å². The lowest BCUT2D eigenvalue weighted by Crippen LogP contribution is -2.07. The van der Waals surface area contributed by atoms with E-state index in [0.29, 0.717) is 11.3 Å². The Morgan fingerprint density at radius 1 is 1.58 bits per heavy atom. The van der Waals surface area contributed by atoms with Gasteiger partial charge in [-0.2, -0.15) is 5.26 Å². The third kappa shape index (κ3) is 1.88. The molecule has 0 saturated heterocycles. The minimum Gasteiger partial charge on any atom is -0.398 e. The summed E-state index contributed by atoms with van der Waals surface area (Å²) in [6.45, 7) is 4.24. The molecule has 0 amide bonds. The quantitative estimate of drug-likeness (QED) is 0.593. The van der Waals surface area contributed by atoms with Crippen LogP contribution in [0.4, 0.5) is 0 Å². The van der Waals surface area contributed by atoms with Crippen molar-refractivity contribution in [1.82, 2.24) is 0 Å². The van der Waals surface area contributed by atoms with Crippen LogP contribution in [-0.2, 0) is 0 Å². The van der Waals surface area contributed by atoms with Crippen LogP contribution in [-0.4, -0.2) is 0 Å². The molecule has 0 bridgehead atoms. The maximum absolute atomic E-state index is 8.78. The van der Waals surface area contributed by atoms with Crippen molar-refractivity contribution < 1.29 is 0 Å². The van der Waals surface area contributed by atoms with Gasteiger partial charge < -0.3 is 5.73 Å². The average Bonchev–Trinajstić information content (AvgIpc) is 2.10. The van der Waals surface area contributed by atoms with E-state index in [0.717, 1.165) is 12.8 Å². The molecule has 1 rings (SSSR count). The molecule has 2 heteroatoms. The van der Waals surface area contributed by atoms with Crippen molar-refractivity contribution >= 4 is 0 Å². The Labute approximate surface area is 73.4 Å². The van der Waals surface area contributed by atoms with Gasteiger partial charge in [-0.3, -0.25) is 0 Å². The smallest absolute Gasteiger partial charge is 0.101 e. The Morgan fingerprint density at radius 3 is 2.83 bits per heavy atom. The fourth-order valence-corrected chi connectivity index (χ4v) is 1.35. The molecule has 1 aliphatic rings. The molecule has 0 spiro atoms. The Bertz CT molecular complexity index is 277. The molecule has 0 aromatic rings. The molecule has 0 aromatic heterocycles. The summed E-state index contributed by atoms with van der Waals surface area (Å²) in [5.74, 6) is 0. The summed E-state index contributed by atoms with van der Waals surface area (Å²) in [5, 5.41) is 8.78. The maximum Gasteiger partial charge on any atom is 0.101 e. The molecule has 2 N–H and O–H groups in total. The summed E-state index contributed by atoms with van der Waals surface area (Å²) >= 11 is 0. The standard InChI is InChI=1S/C10H14N2/c1-10(2)5-3-4-9(12)8(6-10)7-11/h4,6H,3,5,12H2,1-2H3. The van der Waals surface area contributed by atoms with E-state index in [1.54, 1.807) is 0 Å². The monoisotopic (exact) mass is 162 g/mol. The molecule has 0 heterocycles. The minimum atomic E-state index is 0.0999. The lowest BCUT2D eigenvalue weighted by atomic mass is 9.87. The zero-order chi connectivity index (χ0) is 9.19. The molecule has 0 unspecified atom stereocenters. The summed E-state index contributed by atoms with van der Waals surface area (Å²) in [6.07, 6.45) is 5.91. The lowest BCUT2D eigenvalue weighted by molar-refractivity contribution is 0.444. The molecule has 0 atom stereocenters. The first-order valence-electron chi connectivity index (χ1n) is 4.14. The molecule has 2 nitrogen and oxygen atoms in total. The number of allylic oxidation sites excluding steroid dienone is 3. The van der Waals surface area contributed by atoms with Gasteiger partial charge in [-0.25, -0.2) is 0 Å². The van der Waals surface area contributed by atoms with Gasteiger partial charge in [0.15, 0.2) is 0 Å². The molecular weight excluding hydrogens is 148 g/mol. The van der Waals surface area contributed by atoms with Crippen molar-refractivity contribution in [2.24, 2.45) is 11.1 Å². The van der Waals surface area contributed by atoms with E-state index in [2.05, 4.69) is 19.9 Å². The van der Waals surface area contributed by atoms with Crippen LogP contribution in [0.1, 0.15) is 26.7 Å². The van der Waals surface area contributed by atoms with Crippen molar-refractivity contribution in [2.75, 3.05) is 0 Å². The van der Waals surface area contributed by atoms with E-state index in [1.807, 2.05) is 12.2 Å². The van der Waals surface area contributed by atoms with Crippen molar-refractivity contribution in [3.63, 3.8) is 0 Å². The Balaban J connectivity index is 3.03. The topological polar surface area (TPSA) is 49.8 Å². The second-order valence-corrected chi connectivity index (χ2v) is 3.86. The summed E-state index contributed by atoms with van der Waals surface area (Å²) in [5.41, 5.74) is 7.03. The second kappa shape index (κ2) is 3.02. The number of rotatable bonds is 0. The van der Waals surface area contributed by atoms with Gasteiger partial charge in [0.1, 0.15) is 6.07 Å². The molecule has 64 valence electrons. The van der Waals surface area contributed by atoms with E-state index in [4.69, 9.17) is 11.0 Å². The van der Waals surface area contributed by atoms with Gasteiger partial charge in [-0.05, 0) is 18.3 Å². The van der Waals surface area contributed by atoms with Gasteiger partial charge in [0.25, 0.3) is 0 Å². The van der Waals surface area contributed by atoms with Gasteiger partial charge >= 0.3 is 0 Å². The lowest BCUT2D eigenvalue weighted by Gasteiger charge is -2.17. The SMILES string of the molecule is CC1(C)C=C(C#N)C(N)=CCC1. The predicted octanol–water partition coefficient (Wildman–Crippen LogP) is 2.10. The highest BCUT2D eigenvalue weighted by Crippen LogP contribution is 2.29. The van der Waals surface area contributed by atoms with Crippen LogP contribution >= 0.6 is 0 Å². The first-order valence-corrected chi connectivity index (χ1v) is 4.14. The van der Waals surface area contributed by atoms with Crippen LogP contribution in [0, 0.1) is 16.7 Å². The zero-order valence-electron chi connectivity index (χ0n) is 7.59. The van der Waals surface area contributed by atoms with E-state index in [9.17, 15) is 0 Å². The van der Waals surface area contributed by atoms with Gasteiger partial charge in [-0.1, -0.05) is 26.0 Å². The molecule has 0 aromatic carbocycles. The highest BCUT2D eigenvalue weighted by Gasteiger charge is 2.18. The highest BCUT2D eigenvalue weighted by atomic mass is 14.6. The van der Waals surface area contributed by atoms with Crippen molar-refractivity contribution in [3.05, 3.63) is 23.4 Å². The normalized spacial score (nSPS) is 21.8. The van der Waals surface area contributed by atoms with E-state index in [1.165, 1.54) is 0 Å². The average molecular weight is 162 g/mol.